The first-order valence-corrected chi connectivity index (χ1v) is 14.6. The van der Waals surface area contributed by atoms with Gasteiger partial charge < -0.3 is 16.1 Å². The summed E-state index contributed by atoms with van der Waals surface area (Å²) in [5.41, 5.74) is 10.5. The summed E-state index contributed by atoms with van der Waals surface area (Å²) >= 11 is 6.79. The molecule has 6 rings (SSSR count). The number of fused-ring (bicyclic) bond motifs is 2. The first kappa shape index (κ1) is 30.1. The lowest BCUT2D eigenvalue weighted by Gasteiger charge is -2.24. The lowest BCUT2D eigenvalue weighted by atomic mass is 9.96. The summed E-state index contributed by atoms with van der Waals surface area (Å²) in [5.74, 6) is -1.27. The van der Waals surface area contributed by atoms with E-state index in [0.29, 0.717) is 50.8 Å². The molecule has 0 aliphatic carbocycles. The molecule has 4 heterocycles. The minimum absolute atomic E-state index is 0.0470. The van der Waals surface area contributed by atoms with E-state index >= 15 is 0 Å². The van der Waals surface area contributed by atoms with Crippen LogP contribution in [0.2, 0.25) is 5.02 Å². The fourth-order valence-corrected chi connectivity index (χ4v) is 5.50. The number of nitriles is 1. The van der Waals surface area contributed by atoms with E-state index in [0.717, 1.165) is 10.9 Å². The molecule has 0 spiro atoms. The summed E-state index contributed by atoms with van der Waals surface area (Å²) in [4.78, 5) is 8.97. The lowest BCUT2D eigenvalue weighted by Crippen LogP contribution is -2.37. The summed E-state index contributed by atoms with van der Waals surface area (Å²) in [6, 6.07) is 11.1. The highest BCUT2D eigenvalue weighted by atomic mass is 35.5. The van der Waals surface area contributed by atoms with Crippen LogP contribution in [0.3, 0.4) is 0 Å². The van der Waals surface area contributed by atoms with Crippen LogP contribution < -0.4 is 21.6 Å². The molecule has 0 amide bonds. The normalized spacial score (nSPS) is 13.9. The Hall–Kier alpha value is -4.99. The second-order valence-corrected chi connectivity index (χ2v) is 12.5. The number of aromatic nitrogens is 4. The predicted octanol–water partition coefficient (Wildman–Crippen LogP) is 6.30. The Balaban J connectivity index is 1.43. The van der Waals surface area contributed by atoms with Crippen LogP contribution in [0, 0.1) is 28.4 Å². The Kier molecular flexibility index (Phi) is 7.90. The molecule has 3 aromatic heterocycles. The quantitative estimate of drug-likeness (QED) is 0.157. The number of halogens is 3. The largest absolute Gasteiger partial charge is 0.383 e. The number of hydrogen-bond donors (Lipinski definition) is 4. The SMILES string of the molecule is Cn1ncc2c([C@H](Nc3cc(Cl)c4ncc(C#N)c(NCC(C)(C)C)c4c3)C3=CN(Cc4c(F)cccc4F)NN3)ccnc21. The van der Waals surface area contributed by atoms with E-state index in [1.165, 1.54) is 24.4 Å². The zero-order valence-corrected chi connectivity index (χ0v) is 25.8. The predicted molar refractivity (Wildman–Crippen MR) is 171 cm³/mol. The minimum Gasteiger partial charge on any atom is -0.383 e. The van der Waals surface area contributed by atoms with Gasteiger partial charge in [-0.2, -0.15) is 10.4 Å². The summed E-state index contributed by atoms with van der Waals surface area (Å²) in [6.45, 7) is 6.87. The van der Waals surface area contributed by atoms with Gasteiger partial charge in [0.25, 0.3) is 0 Å². The topological polar surface area (TPSA) is 119 Å². The van der Waals surface area contributed by atoms with Crippen molar-refractivity contribution in [2.45, 2.75) is 33.4 Å². The first-order chi connectivity index (χ1) is 21.5. The molecule has 1 aliphatic rings. The van der Waals surface area contributed by atoms with Crippen molar-refractivity contribution >= 4 is 44.9 Å². The maximum Gasteiger partial charge on any atom is 0.157 e. The zero-order valence-electron chi connectivity index (χ0n) is 25.1. The highest BCUT2D eigenvalue weighted by molar-refractivity contribution is 6.35. The summed E-state index contributed by atoms with van der Waals surface area (Å²) in [5, 5.41) is 24.8. The van der Waals surface area contributed by atoms with Crippen LogP contribution in [0.15, 0.2) is 66.9 Å². The van der Waals surface area contributed by atoms with Crippen LogP contribution in [0.5, 0.6) is 0 Å². The van der Waals surface area contributed by atoms with Crippen molar-refractivity contribution in [1.29, 1.82) is 5.26 Å². The number of hydrogen-bond acceptors (Lipinski definition) is 9. The molecule has 0 saturated carbocycles. The fraction of sp³-hybridized carbons (Fsp3) is 0.250. The lowest BCUT2D eigenvalue weighted by molar-refractivity contribution is 0.255. The van der Waals surface area contributed by atoms with Crippen molar-refractivity contribution in [2.24, 2.45) is 12.5 Å². The third-order valence-corrected chi connectivity index (χ3v) is 7.76. The van der Waals surface area contributed by atoms with Crippen LogP contribution in [0.4, 0.5) is 20.2 Å². The van der Waals surface area contributed by atoms with Gasteiger partial charge in [0.1, 0.15) is 17.7 Å². The maximum absolute atomic E-state index is 14.5. The molecule has 1 aliphatic heterocycles. The molecule has 0 unspecified atom stereocenters. The number of nitrogens with one attached hydrogen (secondary N) is 4. The molecule has 2 aromatic carbocycles. The Bertz CT molecular complexity index is 1970. The maximum atomic E-state index is 14.5. The Morgan fingerprint density at radius 2 is 1.87 bits per heavy atom. The van der Waals surface area contributed by atoms with Crippen LogP contribution in [-0.2, 0) is 13.6 Å². The van der Waals surface area contributed by atoms with Crippen molar-refractivity contribution < 1.29 is 8.78 Å². The highest BCUT2D eigenvalue weighted by Crippen LogP contribution is 2.37. The molecule has 0 radical (unpaired) electrons. The molecule has 4 N–H and O–H groups in total. The molecule has 13 heteroatoms. The average Bonchev–Trinajstić information content (AvgIpc) is 3.63. The standard InChI is InChI=1S/C32H31ClF2N10/c1-32(2,3)17-39-28-18(12-36)13-38-29-21(28)10-19(11-24(29)33)41-30(20-8-9-37-31-22(20)14-40-44(31)4)27-16-45(43-42-27)15-23-25(34)6-5-7-26(23)35/h5-11,13-14,16,30,41-43H,15,17H2,1-4H3,(H,38,39)/t30-/m0/s1. The number of rotatable bonds is 8. The van der Waals surface area contributed by atoms with E-state index in [1.54, 1.807) is 34.4 Å². The molecule has 0 bridgehead atoms. The van der Waals surface area contributed by atoms with Gasteiger partial charge in [0.2, 0.25) is 0 Å². The Labute approximate surface area is 263 Å². The average molecular weight is 629 g/mol. The van der Waals surface area contributed by atoms with Gasteiger partial charge >= 0.3 is 0 Å². The molecular formula is C32H31ClF2N10. The number of nitrogens with zero attached hydrogens (tertiary/aromatic N) is 6. The number of pyridine rings is 2. The molecule has 45 heavy (non-hydrogen) atoms. The third kappa shape index (κ3) is 6.05. The zero-order chi connectivity index (χ0) is 31.9. The van der Waals surface area contributed by atoms with E-state index in [4.69, 9.17) is 11.6 Å². The second kappa shape index (κ2) is 11.8. The minimum atomic E-state index is -0.633. The van der Waals surface area contributed by atoms with Gasteiger partial charge in [-0.05, 0) is 41.3 Å². The molecule has 10 nitrogen and oxygen atoms in total. The van der Waals surface area contributed by atoms with E-state index < -0.39 is 17.7 Å². The first-order valence-electron chi connectivity index (χ1n) is 14.2. The molecule has 0 saturated heterocycles. The van der Waals surface area contributed by atoms with Crippen molar-refractivity contribution in [3.05, 3.63) is 100 Å². The number of hydrazine groups is 2. The molecular weight excluding hydrogens is 598 g/mol. The third-order valence-electron chi connectivity index (χ3n) is 7.47. The van der Waals surface area contributed by atoms with Crippen molar-refractivity contribution in [1.82, 2.24) is 35.7 Å². The van der Waals surface area contributed by atoms with E-state index in [2.05, 4.69) is 63.5 Å². The highest BCUT2D eigenvalue weighted by Gasteiger charge is 2.27. The van der Waals surface area contributed by atoms with Gasteiger partial charge in [0.15, 0.2) is 5.65 Å². The van der Waals surface area contributed by atoms with Gasteiger partial charge in [0.05, 0.1) is 46.3 Å². The van der Waals surface area contributed by atoms with E-state index in [-0.39, 0.29) is 17.5 Å². The Morgan fingerprint density at radius 3 is 2.60 bits per heavy atom. The van der Waals surface area contributed by atoms with Gasteiger partial charge in [-0.15, -0.1) is 5.53 Å². The fourth-order valence-electron chi connectivity index (χ4n) is 5.23. The van der Waals surface area contributed by atoms with Gasteiger partial charge in [0, 0.05) is 54.2 Å². The molecule has 230 valence electrons. The molecule has 0 fully saturated rings. The summed E-state index contributed by atoms with van der Waals surface area (Å²) in [6.07, 6.45) is 6.72. The number of benzene rings is 2. The second-order valence-electron chi connectivity index (χ2n) is 12.1. The van der Waals surface area contributed by atoms with Gasteiger partial charge in [-0.25, -0.2) is 13.8 Å². The number of aryl methyl sites for hydroxylation is 1. The smallest absolute Gasteiger partial charge is 0.157 e. The van der Waals surface area contributed by atoms with Crippen molar-refractivity contribution in [3.8, 4) is 6.07 Å². The van der Waals surface area contributed by atoms with Gasteiger partial charge in [-0.1, -0.05) is 38.4 Å². The van der Waals surface area contributed by atoms with E-state index in [9.17, 15) is 14.0 Å². The van der Waals surface area contributed by atoms with Gasteiger partial charge in [-0.3, -0.25) is 14.7 Å². The van der Waals surface area contributed by atoms with Crippen LogP contribution in [0.1, 0.15) is 43.5 Å². The monoisotopic (exact) mass is 628 g/mol. The van der Waals surface area contributed by atoms with E-state index in [1.807, 2.05) is 19.2 Å². The van der Waals surface area contributed by atoms with Crippen molar-refractivity contribution in [2.75, 3.05) is 17.2 Å². The van der Waals surface area contributed by atoms with Crippen LogP contribution in [0.25, 0.3) is 21.9 Å². The molecule has 1 atom stereocenters. The molecule has 5 aromatic rings. The number of anilines is 2. The Morgan fingerprint density at radius 1 is 1.09 bits per heavy atom. The van der Waals surface area contributed by atoms with Crippen LogP contribution >= 0.6 is 11.6 Å². The van der Waals surface area contributed by atoms with Crippen LogP contribution in [-0.4, -0.2) is 31.3 Å². The van der Waals surface area contributed by atoms with Crippen molar-refractivity contribution in [3.63, 3.8) is 0 Å². The summed E-state index contributed by atoms with van der Waals surface area (Å²) < 4.78 is 30.6. The summed E-state index contributed by atoms with van der Waals surface area (Å²) in [7, 11) is 1.82.